The predicted molar refractivity (Wildman–Crippen MR) is 60.8 cm³/mol. The normalized spacial score (nSPS) is 18.9. The summed E-state index contributed by atoms with van der Waals surface area (Å²) in [4.78, 5) is 27.9. The number of aromatic nitrogens is 3. The van der Waals surface area contributed by atoms with E-state index in [1.165, 1.54) is 11.2 Å². The van der Waals surface area contributed by atoms with Crippen molar-refractivity contribution < 1.29 is 14.7 Å². The number of nitrogens with one attached hydrogen (secondary N) is 2. The van der Waals surface area contributed by atoms with Crippen LogP contribution in [0.25, 0.3) is 0 Å². The summed E-state index contributed by atoms with van der Waals surface area (Å²) in [5.74, 6) is -0.572. The van der Waals surface area contributed by atoms with Gasteiger partial charge in [-0.3, -0.25) is 9.89 Å². The molecule has 0 bridgehead atoms. The first kappa shape index (κ1) is 12.3. The highest BCUT2D eigenvalue weighted by Gasteiger charge is 2.30. The Balaban J connectivity index is 1.71. The number of likely N-dealkylation sites (tertiary alicyclic amines) is 1. The van der Waals surface area contributed by atoms with E-state index in [1.54, 1.807) is 0 Å². The number of carbonyl (C=O) groups is 2. The predicted octanol–water partition coefficient (Wildman–Crippen LogP) is -0.537. The second-order valence-electron chi connectivity index (χ2n) is 4.18. The third-order valence-electron chi connectivity index (χ3n) is 2.93. The van der Waals surface area contributed by atoms with Gasteiger partial charge in [0.15, 0.2) is 0 Å². The fourth-order valence-electron chi connectivity index (χ4n) is 1.90. The number of aromatic amines is 1. The lowest BCUT2D eigenvalue weighted by molar-refractivity contribution is -0.141. The Labute approximate surface area is 103 Å². The zero-order chi connectivity index (χ0) is 13.0. The number of carbonyl (C=O) groups excluding carboxylic acids is 1. The van der Waals surface area contributed by atoms with Crippen LogP contribution in [-0.2, 0) is 11.2 Å². The summed E-state index contributed by atoms with van der Waals surface area (Å²) in [6.45, 7) is 1.22. The molecule has 2 heterocycles. The second kappa shape index (κ2) is 5.48. The summed E-state index contributed by atoms with van der Waals surface area (Å²) in [5.41, 5.74) is 0. The molecule has 98 valence electrons. The van der Waals surface area contributed by atoms with Crippen molar-refractivity contribution in [2.75, 3.05) is 19.6 Å². The van der Waals surface area contributed by atoms with Gasteiger partial charge in [0.25, 0.3) is 0 Å². The van der Waals surface area contributed by atoms with E-state index in [4.69, 9.17) is 5.11 Å². The Kier molecular flexibility index (Phi) is 3.75. The van der Waals surface area contributed by atoms with Crippen LogP contribution < -0.4 is 5.32 Å². The topological polar surface area (TPSA) is 111 Å². The molecule has 1 unspecified atom stereocenters. The van der Waals surface area contributed by atoms with E-state index >= 15 is 0 Å². The van der Waals surface area contributed by atoms with Gasteiger partial charge >= 0.3 is 12.0 Å². The van der Waals surface area contributed by atoms with Crippen LogP contribution >= 0.6 is 0 Å². The van der Waals surface area contributed by atoms with Crippen LogP contribution in [0.15, 0.2) is 6.33 Å². The molecule has 1 atom stereocenters. The number of carboxylic acids is 1. The van der Waals surface area contributed by atoms with E-state index in [0.29, 0.717) is 31.8 Å². The van der Waals surface area contributed by atoms with Crippen molar-refractivity contribution in [2.24, 2.45) is 5.92 Å². The van der Waals surface area contributed by atoms with Gasteiger partial charge in [-0.1, -0.05) is 0 Å². The SMILES string of the molecule is O=C(O)C1CCN(C(=O)NCCc2ncn[nH]2)C1. The third kappa shape index (κ3) is 2.96. The zero-order valence-corrected chi connectivity index (χ0v) is 9.80. The standard InChI is InChI=1S/C10H15N5O3/c16-9(17)7-2-4-15(5-7)10(18)11-3-1-8-12-6-13-14-8/h6-7H,1-5H2,(H,11,18)(H,16,17)(H,12,13,14). The van der Waals surface area contributed by atoms with Gasteiger partial charge in [-0.2, -0.15) is 5.10 Å². The number of urea groups is 1. The molecule has 1 saturated heterocycles. The first-order valence-electron chi connectivity index (χ1n) is 5.76. The van der Waals surface area contributed by atoms with Crippen molar-refractivity contribution in [1.29, 1.82) is 0 Å². The number of amides is 2. The van der Waals surface area contributed by atoms with E-state index < -0.39 is 11.9 Å². The molecular formula is C10H15N5O3. The molecule has 0 aromatic carbocycles. The van der Waals surface area contributed by atoms with Gasteiger partial charge in [0.05, 0.1) is 5.92 Å². The van der Waals surface area contributed by atoms with Crippen molar-refractivity contribution >= 4 is 12.0 Å². The molecule has 1 aliphatic rings. The fraction of sp³-hybridized carbons (Fsp3) is 0.600. The van der Waals surface area contributed by atoms with E-state index in [1.807, 2.05) is 0 Å². The summed E-state index contributed by atoms with van der Waals surface area (Å²) >= 11 is 0. The molecule has 0 radical (unpaired) electrons. The first-order valence-corrected chi connectivity index (χ1v) is 5.76. The third-order valence-corrected chi connectivity index (χ3v) is 2.93. The number of aliphatic carboxylic acids is 1. The van der Waals surface area contributed by atoms with Crippen LogP contribution in [0.4, 0.5) is 4.79 Å². The maximum absolute atomic E-state index is 11.7. The molecule has 0 spiro atoms. The maximum atomic E-state index is 11.7. The van der Waals surface area contributed by atoms with Gasteiger partial charge < -0.3 is 15.3 Å². The van der Waals surface area contributed by atoms with Crippen LogP contribution in [0, 0.1) is 5.92 Å². The summed E-state index contributed by atoms with van der Waals surface area (Å²) in [5, 5.41) is 18.0. The Hall–Kier alpha value is -2.12. The largest absolute Gasteiger partial charge is 0.481 e. The lowest BCUT2D eigenvalue weighted by Crippen LogP contribution is -2.39. The molecule has 0 aliphatic carbocycles. The molecule has 1 aliphatic heterocycles. The van der Waals surface area contributed by atoms with Gasteiger partial charge in [-0.05, 0) is 6.42 Å². The first-order chi connectivity index (χ1) is 8.66. The Morgan fingerprint density at radius 1 is 1.61 bits per heavy atom. The van der Waals surface area contributed by atoms with Gasteiger partial charge in [-0.25, -0.2) is 9.78 Å². The molecule has 8 nitrogen and oxygen atoms in total. The van der Waals surface area contributed by atoms with Gasteiger partial charge in [-0.15, -0.1) is 0 Å². The molecule has 3 N–H and O–H groups in total. The number of nitrogens with zero attached hydrogens (tertiary/aromatic N) is 3. The average Bonchev–Trinajstić information content (AvgIpc) is 2.99. The van der Waals surface area contributed by atoms with Crippen molar-refractivity contribution in [3.05, 3.63) is 12.2 Å². The Bertz CT molecular complexity index is 419. The number of H-pyrrole nitrogens is 1. The minimum atomic E-state index is -0.841. The maximum Gasteiger partial charge on any atom is 0.317 e. The smallest absolute Gasteiger partial charge is 0.317 e. The lowest BCUT2D eigenvalue weighted by Gasteiger charge is -2.16. The minimum Gasteiger partial charge on any atom is -0.481 e. The summed E-state index contributed by atoms with van der Waals surface area (Å²) in [6, 6.07) is -0.224. The number of rotatable bonds is 4. The molecular weight excluding hydrogens is 238 g/mol. The summed E-state index contributed by atoms with van der Waals surface area (Å²) < 4.78 is 0. The van der Waals surface area contributed by atoms with Crippen molar-refractivity contribution in [3.63, 3.8) is 0 Å². The number of hydrogen-bond acceptors (Lipinski definition) is 4. The van der Waals surface area contributed by atoms with Crippen LogP contribution in [-0.4, -0.2) is 56.8 Å². The van der Waals surface area contributed by atoms with Crippen molar-refractivity contribution in [1.82, 2.24) is 25.4 Å². The monoisotopic (exact) mass is 253 g/mol. The average molecular weight is 253 g/mol. The Morgan fingerprint density at radius 3 is 3.06 bits per heavy atom. The van der Waals surface area contributed by atoms with E-state index in [2.05, 4.69) is 20.5 Å². The number of hydrogen-bond donors (Lipinski definition) is 3. The molecule has 0 saturated carbocycles. The molecule has 1 aromatic rings. The molecule has 8 heteroatoms. The Morgan fingerprint density at radius 2 is 2.44 bits per heavy atom. The van der Waals surface area contributed by atoms with Gasteiger partial charge in [0.1, 0.15) is 12.2 Å². The molecule has 18 heavy (non-hydrogen) atoms. The number of carboxylic acid groups (broad SMARTS) is 1. The highest BCUT2D eigenvalue weighted by atomic mass is 16.4. The van der Waals surface area contributed by atoms with Gasteiger partial charge in [0, 0.05) is 26.1 Å². The lowest BCUT2D eigenvalue weighted by atomic mass is 10.1. The highest BCUT2D eigenvalue weighted by molar-refractivity contribution is 5.77. The minimum absolute atomic E-state index is 0.224. The van der Waals surface area contributed by atoms with Crippen molar-refractivity contribution in [2.45, 2.75) is 12.8 Å². The van der Waals surface area contributed by atoms with Crippen LogP contribution in [0.5, 0.6) is 0 Å². The molecule has 1 aromatic heterocycles. The van der Waals surface area contributed by atoms with Crippen LogP contribution in [0.3, 0.4) is 0 Å². The van der Waals surface area contributed by atoms with Crippen LogP contribution in [0.1, 0.15) is 12.2 Å². The highest BCUT2D eigenvalue weighted by Crippen LogP contribution is 2.15. The zero-order valence-electron chi connectivity index (χ0n) is 9.80. The molecule has 2 rings (SSSR count). The van der Waals surface area contributed by atoms with Gasteiger partial charge in [0.2, 0.25) is 0 Å². The molecule has 2 amide bonds. The van der Waals surface area contributed by atoms with E-state index in [-0.39, 0.29) is 12.6 Å². The van der Waals surface area contributed by atoms with E-state index in [0.717, 1.165) is 0 Å². The molecule has 1 fully saturated rings. The second-order valence-corrected chi connectivity index (χ2v) is 4.18. The summed E-state index contributed by atoms with van der Waals surface area (Å²) in [7, 11) is 0. The fourth-order valence-corrected chi connectivity index (χ4v) is 1.90. The van der Waals surface area contributed by atoms with E-state index in [9.17, 15) is 9.59 Å². The van der Waals surface area contributed by atoms with Crippen molar-refractivity contribution in [3.8, 4) is 0 Å². The summed E-state index contributed by atoms with van der Waals surface area (Å²) in [6.07, 6.45) is 2.50. The van der Waals surface area contributed by atoms with Crippen LogP contribution in [0.2, 0.25) is 0 Å². The quantitative estimate of drug-likeness (QED) is 0.667.